The molecule has 0 radical (unpaired) electrons. The Morgan fingerprint density at radius 2 is 1.76 bits per heavy atom. The summed E-state index contributed by atoms with van der Waals surface area (Å²) < 4.78 is 5.55. The molecule has 1 aliphatic rings. The van der Waals surface area contributed by atoms with Crippen LogP contribution >= 0.6 is 0 Å². The maximum absolute atomic E-state index is 12.3. The zero-order valence-electron chi connectivity index (χ0n) is 12.0. The van der Waals surface area contributed by atoms with Gasteiger partial charge in [0.2, 0.25) is 0 Å². The van der Waals surface area contributed by atoms with E-state index in [9.17, 15) is 19.5 Å². The van der Waals surface area contributed by atoms with Gasteiger partial charge in [0.15, 0.2) is 0 Å². The third-order valence-electron chi connectivity index (χ3n) is 2.88. The highest BCUT2D eigenvalue weighted by molar-refractivity contribution is 5.84. The SMILES string of the molecule is CC1(C)CN(C(=O)N(CC(=O)O)CC(=O)O)CC(CO)O1. The summed E-state index contributed by atoms with van der Waals surface area (Å²) in [4.78, 5) is 35.9. The second-order valence-corrected chi connectivity index (χ2v) is 5.49. The molecule has 9 heteroatoms. The van der Waals surface area contributed by atoms with E-state index >= 15 is 0 Å². The summed E-state index contributed by atoms with van der Waals surface area (Å²) >= 11 is 0. The van der Waals surface area contributed by atoms with E-state index in [1.807, 2.05) is 0 Å². The molecule has 1 fully saturated rings. The van der Waals surface area contributed by atoms with Gasteiger partial charge in [0.1, 0.15) is 13.1 Å². The Bertz CT molecular complexity index is 408. The molecule has 9 nitrogen and oxygen atoms in total. The quantitative estimate of drug-likeness (QED) is 0.597. The molecule has 0 spiro atoms. The average molecular weight is 304 g/mol. The van der Waals surface area contributed by atoms with Gasteiger partial charge in [-0.15, -0.1) is 0 Å². The number of carboxylic acids is 2. The van der Waals surface area contributed by atoms with Gasteiger partial charge in [-0.2, -0.15) is 0 Å². The molecule has 0 aliphatic carbocycles. The van der Waals surface area contributed by atoms with Crippen molar-refractivity contribution in [3.8, 4) is 0 Å². The van der Waals surface area contributed by atoms with Crippen LogP contribution in [0.15, 0.2) is 0 Å². The number of carbonyl (C=O) groups excluding carboxylic acids is 1. The number of hydrogen-bond donors (Lipinski definition) is 3. The minimum Gasteiger partial charge on any atom is -0.480 e. The summed E-state index contributed by atoms with van der Waals surface area (Å²) in [6, 6.07) is -0.699. The molecule has 1 rings (SSSR count). The molecular formula is C12H20N2O7. The molecule has 120 valence electrons. The maximum atomic E-state index is 12.3. The minimum atomic E-state index is -1.30. The van der Waals surface area contributed by atoms with Crippen molar-refractivity contribution < 1.29 is 34.4 Å². The zero-order valence-corrected chi connectivity index (χ0v) is 12.0. The molecule has 0 aromatic carbocycles. The van der Waals surface area contributed by atoms with Crippen molar-refractivity contribution in [1.29, 1.82) is 0 Å². The fraction of sp³-hybridized carbons (Fsp3) is 0.750. The van der Waals surface area contributed by atoms with Crippen LogP contribution in [0.25, 0.3) is 0 Å². The van der Waals surface area contributed by atoms with Gasteiger partial charge in [0.25, 0.3) is 0 Å². The molecule has 1 saturated heterocycles. The van der Waals surface area contributed by atoms with Crippen LogP contribution in [0.2, 0.25) is 0 Å². The van der Waals surface area contributed by atoms with Gasteiger partial charge in [-0.3, -0.25) is 9.59 Å². The number of rotatable bonds is 5. The predicted octanol–water partition coefficient (Wildman–Crippen LogP) is -0.951. The van der Waals surface area contributed by atoms with Gasteiger partial charge in [0, 0.05) is 0 Å². The largest absolute Gasteiger partial charge is 0.480 e. The Morgan fingerprint density at radius 1 is 1.24 bits per heavy atom. The molecule has 1 aliphatic heterocycles. The number of morpholine rings is 1. The van der Waals surface area contributed by atoms with Gasteiger partial charge < -0.3 is 29.9 Å². The lowest BCUT2D eigenvalue weighted by Gasteiger charge is -2.43. The molecule has 1 heterocycles. The predicted molar refractivity (Wildman–Crippen MR) is 69.9 cm³/mol. The van der Waals surface area contributed by atoms with Crippen molar-refractivity contribution >= 4 is 18.0 Å². The lowest BCUT2D eigenvalue weighted by atomic mass is 10.1. The third kappa shape index (κ3) is 5.20. The Hall–Kier alpha value is -1.87. The average Bonchev–Trinajstić information content (AvgIpc) is 2.33. The lowest BCUT2D eigenvalue weighted by molar-refractivity contribution is -0.145. The van der Waals surface area contributed by atoms with Crippen LogP contribution in [0.1, 0.15) is 13.8 Å². The fourth-order valence-electron chi connectivity index (χ4n) is 2.25. The highest BCUT2D eigenvalue weighted by atomic mass is 16.5. The summed E-state index contributed by atoms with van der Waals surface area (Å²) in [7, 11) is 0. The molecule has 1 unspecified atom stereocenters. The Morgan fingerprint density at radius 3 is 2.19 bits per heavy atom. The number of nitrogens with zero attached hydrogens (tertiary/aromatic N) is 2. The highest BCUT2D eigenvalue weighted by Crippen LogP contribution is 2.21. The molecule has 0 bridgehead atoms. The van der Waals surface area contributed by atoms with E-state index < -0.39 is 42.8 Å². The third-order valence-corrected chi connectivity index (χ3v) is 2.88. The van der Waals surface area contributed by atoms with Crippen LogP contribution in [0.3, 0.4) is 0 Å². The van der Waals surface area contributed by atoms with Gasteiger partial charge in [-0.1, -0.05) is 0 Å². The van der Waals surface area contributed by atoms with Gasteiger partial charge in [-0.05, 0) is 13.8 Å². The number of carboxylic acid groups (broad SMARTS) is 2. The van der Waals surface area contributed by atoms with Gasteiger partial charge >= 0.3 is 18.0 Å². The minimum absolute atomic E-state index is 0.0779. The van der Waals surface area contributed by atoms with Crippen molar-refractivity contribution in [1.82, 2.24) is 9.80 Å². The van der Waals surface area contributed by atoms with Crippen molar-refractivity contribution in [3.63, 3.8) is 0 Å². The van der Waals surface area contributed by atoms with Crippen LogP contribution in [0.4, 0.5) is 4.79 Å². The van der Waals surface area contributed by atoms with E-state index in [0.29, 0.717) is 0 Å². The van der Waals surface area contributed by atoms with Crippen LogP contribution < -0.4 is 0 Å². The van der Waals surface area contributed by atoms with Crippen LogP contribution in [-0.2, 0) is 14.3 Å². The fourth-order valence-corrected chi connectivity index (χ4v) is 2.25. The maximum Gasteiger partial charge on any atom is 0.323 e. The van der Waals surface area contributed by atoms with Crippen LogP contribution in [0, 0.1) is 0 Å². The first-order chi connectivity index (χ1) is 9.64. The number of urea groups is 1. The van der Waals surface area contributed by atoms with Gasteiger partial charge in [-0.25, -0.2) is 4.79 Å². The molecule has 0 saturated carbocycles. The number of amides is 2. The standard InChI is InChI=1S/C12H20N2O7/c1-12(2)7-14(3-8(6-15)21-12)11(20)13(4-9(16)17)5-10(18)19/h8,15H,3-7H2,1-2H3,(H,16,17)(H,18,19). The molecule has 3 N–H and O–H groups in total. The topological polar surface area (TPSA) is 128 Å². The summed E-state index contributed by atoms with van der Waals surface area (Å²) in [5, 5.41) is 26.7. The monoisotopic (exact) mass is 304 g/mol. The Kier molecular flexibility index (Phi) is 5.50. The van der Waals surface area contributed by atoms with Crippen LogP contribution in [0.5, 0.6) is 0 Å². The normalized spacial score (nSPS) is 20.9. The van der Waals surface area contributed by atoms with Gasteiger partial charge in [0.05, 0.1) is 31.4 Å². The first kappa shape index (κ1) is 17.2. The number of aliphatic hydroxyl groups is 1. The first-order valence-corrected chi connectivity index (χ1v) is 6.40. The highest BCUT2D eigenvalue weighted by Gasteiger charge is 2.37. The first-order valence-electron chi connectivity index (χ1n) is 6.40. The van der Waals surface area contributed by atoms with E-state index in [2.05, 4.69) is 0 Å². The number of ether oxygens (including phenoxy) is 1. The molecule has 21 heavy (non-hydrogen) atoms. The van der Waals surface area contributed by atoms with Crippen molar-refractivity contribution in [3.05, 3.63) is 0 Å². The van der Waals surface area contributed by atoms with Crippen molar-refractivity contribution in [2.75, 3.05) is 32.8 Å². The van der Waals surface area contributed by atoms with Crippen molar-refractivity contribution in [2.24, 2.45) is 0 Å². The molecule has 0 aromatic rings. The Balaban J connectivity index is 2.85. The number of aliphatic hydroxyl groups excluding tert-OH is 1. The van der Waals surface area contributed by atoms with Crippen LogP contribution in [-0.4, -0.2) is 87.6 Å². The number of aliphatic carboxylic acids is 2. The molecule has 0 aromatic heterocycles. The summed E-state index contributed by atoms with van der Waals surface area (Å²) in [6.07, 6.45) is -0.589. The van der Waals surface area contributed by atoms with E-state index in [1.54, 1.807) is 13.8 Å². The second-order valence-electron chi connectivity index (χ2n) is 5.49. The lowest BCUT2D eigenvalue weighted by Crippen LogP contribution is -2.59. The smallest absolute Gasteiger partial charge is 0.323 e. The summed E-state index contributed by atoms with van der Waals surface area (Å²) in [6.45, 7) is 2.03. The van der Waals surface area contributed by atoms with E-state index in [1.165, 1.54) is 4.90 Å². The number of hydrogen-bond acceptors (Lipinski definition) is 5. The van der Waals surface area contributed by atoms with E-state index in [4.69, 9.17) is 14.9 Å². The van der Waals surface area contributed by atoms with E-state index in [0.717, 1.165) is 4.90 Å². The van der Waals surface area contributed by atoms with Crippen molar-refractivity contribution in [2.45, 2.75) is 25.6 Å². The van der Waals surface area contributed by atoms with E-state index in [-0.39, 0.29) is 19.7 Å². The second kappa shape index (κ2) is 6.72. The molecule has 1 atom stereocenters. The molecular weight excluding hydrogens is 284 g/mol. The summed E-state index contributed by atoms with van der Waals surface area (Å²) in [5.41, 5.74) is -0.709. The number of carbonyl (C=O) groups is 3. The molecule has 2 amide bonds. The zero-order chi connectivity index (χ0) is 16.2. The Labute approximate surface area is 121 Å². The summed E-state index contributed by atoms with van der Waals surface area (Å²) in [5.74, 6) is -2.59.